The van der Waals surface area contributed by atoms with Crippen molar-refractivity contribution in [2.75, 3.05) is 13.1 Å². The van der Waals surface area contributed by atoms with Gasteiger partial charge in [0.05, 0.1) is 22.3 Å². The van der Waals surface area contributed by atoms with Gasteiger partial charge in [-0.3, -0.25) is 9.20 Å². The lowest BCUT2D eigenvalue weighted by Crippen LogP contribution is -2.30. The first kappa shape index (κ1) is 23.9. The summed E-state index contributed by atoms with van der Waals surface area (Å²) < 4.78 is 44.5. The minimum absolute atomic E-state index is 0.181. The van der Waals surface area contributed by atoms with Crippen molar-refractivity contribution >= 4 is 22.6 Å². The summed E-state index contributed by atoms with van der Waals surface area (Å²) >= 11 is 0. The Morgan fingerprint density at radius 3 is 2.54 bits per heavy atom. The Morgan fingerprint density at radius 1 is 0.974 bits per heavy atom. The smallest absolute Gasteiger partial charge is 0.342 e. The van der Waals surface area contributed by atoms with E-state index < -0.39 is 11.7 Å². The van der Waals surface area contributed by atoms with Crippen LogP contribution in [0.3, 0.4) is 0 Å². The Labute approximate surface area is 222 Å². The third-order valence-electron chi connectivity index (χ3n) is 7.91. The number of hydrogen-bond donors (Lipinski definition) is 0. The van der Waals surface area contributed by atoms with Crippen molar-refractivity contribution in [2.45, 2.75) is 32.0 Å². The maximum atomic E-state index is 13.5. The van der Waals surface area contributed by atoms with E-state index in [-0.39, 0.29) is 17.7 Å². The molecule has 0 N–H and O–H groups in total. The van der Waals surface area contributed by atoms with E-state index in [0.717, 1.165) is 60.4 Å². The molecule has 1 amide bonds. The maximum absolute atomic E-state index is 13.5. The third-order valence-corrected chi connectivity index (χ3v) is 7.91. The summed E-state index contributed by atoms with van der Waals surface area (Å²) in [6.45, 7) is 1.99. The second-order valence-corrected chi connectivity index (χ2v) is 10.6. The molecule has 7 rings (SSSR count). The summed E-state index contributed by atoms with van der Waals surface area (Å²) in [7, 11) is 0. The number of imidazole rings is 2. The van der Waals surface area contributed by atoms with Gasteiger partial charge in [0.25, 0.3) is 0 Å². The topological polar surface area (TPSA) is 55.4 Å². The van der Waals surface area contributed by atoms with Crippen LogP contribution < -0.4 is 0 Å². The first-order valence-corrected chi connectivity index (χ1v) is 13.2. The Bertz CT molecular complexity index is 1700. The number of nitrogens with zero attached hydrogens (tertiary/aromatic N) is 5. The van der Waals surface area contributed by atoms with Crippen LogP contribution in [0.5, 0.6) is 0 Å². The molecule has 3 aromatic heterocycles. The standard InChI is InChI=1S/C30H26F3N5O/c31-30(32,33)23-10-11-26-24(16-23)35-28(38(26)18-19-12-14-36(17-19)29(39)22-8-9-22)21-6-4-20(5-7-21)25-2-1-3-27-34-13-15-37(25)27/h1-7,10-11,13,15-16,19,22H,8-9,12,14,17-18H2. The number of alkyl halides is 3. The zero-order chi connectivity index (χ0) is 26.7. The number of hydrogen-bond acceptors (Lipinski definition) is 3. The van der Waals surface area contributed by atoms with Crippen LogP contribution in [0.25, 0.3) is 39.3 Å². The second-order valence-electron chi connectivity index (χ2n) is 10.6. The summed E-state index contributed by atoms with van der Waals surface area (Å²) in [6, 6.07) is 17.6. The molecule has 39 heavy (non-hydrogen) atoms. The number of aromatic nitrogens is 4. The van der Waals surface area contributed by atoms with E-state index in [1.54, 1.807) is 6.20 Å². The fraction of sp³-hybridized carbons (Fsp3) is 0.300. The molecule has 2 aliphatic rings. The predicted octanol–water partition coefficient (Wildman–Crippen LogP) is 6.30. The average molecular weight is 530 g/mol. The molecule has 0 bridgehead atoms. The van der Waals surface area contributed by atoms with Crippen molar-refractivity contribution in [1.29, 1.82) is 0 Å². The van der Waals surface area contributed by atoms with E-state index in [1.807, 2.05) is 62.5 Å². The van der Waals surface area contributed by atoms with Crippen LogP contribution in [-0.4, -0.2) is 42.8 Å². The number of benzene rings is 2. The van der Waals surface area contributed by atoms with Crippen LogP contribution in [0, 0.1) is 11.8 Å². The number of rotatable bonds is 5. The fourth-order valence-corrected chi connectivity index (χ4v) is 5.71. The molecule has 198 valence electrons. The first-order chi connectivity index (χ1) is 18.8. The van der Waals surface area contributed by atoms with E-state index in [1.165, 1.54) is 6.07 Å². The summed E-state index contributed by atoms with van der Waals surface area (Å²) in [4.78, 5) is 23.6. The highest BCUT2D eigenvalue weighted by atomic mass is 19.4. The normalized spacial score (nSPS) is 17.9. The van der Waals surface area contributed by atoms with Gasteiger partial charge in [-0.2, -0.15) is 13.2 Å². The van der Waals surface area contributed by atoms with Crippen molar-refractivity contribution in [2.24, 2.45) is 11.8 Å². The van der Waals surface area contributed by atoms with Gasteiger partial charge in [0.2, 0.25) is 5.91 Å². The molecule has 9 heteroatoms. The van der Waals surface area contributed by atoms with Crippen molar-refractivity contribution in [3.05, 3.63) is 78.6 Å². The molecule has 4 heterocycles. The highest BCUT2D eigenvalue weighted by Crippen LogP contribution is 2.36. The van der Waals surface area contributed by atoms with Crippen LogP contribution in [0.2, 0.25) is 0 Å². The Kier molecular flexibility index (Phi) is 5.50. The number of carbonyl (C=O) groups is 1. The Hall–Kier alpha value is -4.14. The van der Waals surface area contributed by atoms with Gasteiger partial charge in [-0.15, -0.1) is 0 Å². The van der Waals surface area contributed by atoms with Crippen LogP contribution in [0.4, 0.5) is 13.2 Å². The lowest BCUT2D eigenvalue weighted by Gasteiger charge is -2.18. The summed E-state index contributed by atoms with van der Waals surface area (Å²) in [6.07, 6.45) is 2.05. The lowest BCUT2D eigenvalue weighted by molar-refractivity contribution is -0.137. The molecule has 2 aromatic carbocycles. The van der Waals surface area contributed by atoms with Gasteiger partial charge < -0.3 is 9.47 Å². The zero-order valence-electron chi connectivity index (χ0n) is 21.1. The first-order valence-electron chi connectivity index (χ1n) is 13.2. The van der Waals surface area contributed by atoms with E-state index in [0.29, 0.717) is 29.9 Å². The van der Waals surface area contributed by atoms with Gasteiger partial charge >= 0.3 is 6.18 Å². The number of amides is 1. The molecule has 1 unspecified atom stereocenters. The molecule has 1 saturated heterocycles. The van der Waals surface area contributed by atoms with Gasteiger partial charge in [0, 0.05) is 43.5 Å². The SMILES string of the molecule is O=C(C1CC1)N1CCC(Cn2c(-c3ccc(-c4cccc5nccn45)cc3)nc3cc(C(F)(F)F)ccc32)C1. The van der Waals surface area contributed by atoms with Gasteiger partial charge in [0.15, 0.2) is 0 Å². The van der Waals surface area contributed by atoms with E-state index >= 15 is 0 Å². The number of halogens is 3. The highest BCUT2D eigenvalue weighted by molar-refractivity contribution is 5.82. The fourth-order valence-electron chi connectivity index (χ4n) is 5.71. The second kappa shape index (κ2) is 8.97. The molecule has 1 aliphatic carbocycles. The third kappa shape index (κ3) is 4.35. The van der Waals surface area contributed by atoms with Gasteiger partial charge in [-0.25, -0.2) is 9.97 Å². The number of fused-ring (bicyclic) bond motifs is 2. The molecule has 5 aromatic rings. The molecule has 1 aliphatic heterocycles. The number of likely N-dealkylation sites (tertiary alicyclic amines) is 1. The monoisotopic (exact) mass is 529 g/mol. The quantitative estimate of drug-likeness (QED) is 0.269. The predicted molar refractivity (Wildman–Crippen MR) is 142 cm³/mol. The van der Waals surface area contributed by atoms with Crippen LogP contribution in [0.1, 0.15) is 24.8 Å². The zero-order valence-corrected chi connectivity index (χ0v) is 21.1. The molecule has 0 spiro atoms. The average Bonchev–Trinajstić information content (AvgIpc) is 3.31. The molecule has 6 nitrogen and oxygen atoms in total. The highest BCUT2D eigenvalue weighted by Gasteiger charge is 2.37. The van der Waals surface area contributed by atoms with Gasteiger partial charge in [-0.05, 0) is 61.1 Å². The summed E-state index contributed by atoms with van der Waals surface area (Å²) in [5.74, 6) is 1.26. The van der Waals surface area contributed by atoms with Crippen LogP contribution in [0.15, 0.2) is 73.1 Å². The number of carbonyl (C=O) groups excluding carboxylic acids is 1. The van der Waals surface area contributed by atoms with E-state index in [4.69, 9.17) is 4.98 Å². The molecule has 0 radical (unpaired) electrons. The van der Waals surface area contributed by atoms with Crippen LogP contribution >= 0.6 is 0 Å². The van der Waals surface area contributed by atoms with Crippen LogP contribution in [-0.2, 0) is 17.5 Å². The van der Waals surface area contributed by atoms with Crippen molar-refractivity contribution < 1.29 is 18.0 Å². The Balaban J connectivity index is 1.25. The summed E-state index contributed by atoms with van der Waals surface area (Å²) in [5.41, 5.74) is 3.93. The maximum Gasteiger partial charge on any atom is 0.416 e. The molecular weight excluding hydrogens is 503 g/mol. The Morgan fingerprint density at radius 2 is 1.77 bits per heavy atom. The van der Waals surface area contributed by atoms with E-state index in [2.05, 4.69) is 4.98 Å². The largest absolute Gasteiger partial charge is 0.416 e. The summed E-state index contributed by atoms with van der Waals surface area (Å²) in [5, 5.41) is 0. The van der Waals surface area contributed by atoms with Crippen molar-refractivity contribution in [3.8, 4) is 22.6 Å². The number of pyridine rings is 1. The minimum atomic E-state index is -4.44. The molecule has 1 atom stereocenters. The van der Waals surface area contributed by atoms with Crippen molar-refractivity contribution in [3.63, 3.8) is 0 Å². The van der Waals surface area contributed by atoms with E-state index in [9.17, 15) is 18.0 Å². The molecule has 2 fully saturated rings. The van der Waals surface area contributed by atoms with Crippen molar-refractivity contribution in [1.82, 2.24) is 23.8 Å². The van der Waals surface area contributed by atoms with Gasteiger partial charge in [-0.1, -0.05) is 30.3 Å². The van der Waals surface area contributed by atoms with Gasteiger partial charge in [0.1, 0.15) is 11.5 Å². The lowest BCUT2D eigenvalue weighted by atomic mass is 10.1. The molecule has 1 saturated carbocycles. The molecular formula is C30H26F3N5O. The minimum Gasteiger partial charge on any atom is -0.342 e.